The largest absolute Gasteiger partial charge is 0.351 e. The number of carbonyl (C=O) groups is 2. The highest BCUT2D eigenvalue weighted by atomic mass is 16.2. The number of pyridine rings is 1. The number of likely N-dealkylation sites (N-methyl/N-ethyl adjacent to an activating group) is 1. The minimum atomic E-state index is -0.726. The van der Waals surface area contributed by atoms with E-state index in [4.69, 9.17) is 0 Å². The predicted octanol–water partition coefficient (Wildman–Crippen LogP) is 2.68. The Hall–Kier alpha value is -3.72. The van der Waals surface area contributed by atoms with Crippen LogP contribution in [0.1, 0.15) is 24.9 Å². The highest BCUT2D eigenvalue weighted by molar-refractivity contribution is 6.40. The average molecular weight is 446 g/mol. The Morgan fingerprint density at radius 3 is 2.73 bits per heavy atom. The molecule has 0 spiro atoms. The Balaban J connectivity index is 1.55. The summed E-state index contributed by atoms with van der Waals surface area (Å²) in [6.07, 6.45) is 4.49. The number of nitrogens with one attached hydrogen (secondary N) is 3. The molecule has 33 heavy (non-hydrogen) atoms. The second-order valence-corrected chi connectivity index (χ2v) is 8.65. The SMILES string of the molecule is CNC(=O)C(=O)Nc1[nH]n([C@H]2CN(Cc3ccccc3)CC[C@H]2C)c2c1cnc1nccc12. The summed E-state index contributed by atoms with van der Waals surface area (Å²) in [7, 11) is 1.43. The van der Waals surface area contributed by atoms with Crippen LogP contribution in [-0.4, -0.2) is 56.6 Å². The van der Waals surface area contributed by atoms with Gasteiger partial charge in [0, 0.05) is 37.9 Å². The molecule has 3 aromatic heterocycles. The number of aromatic amines is 1. The molecule has 3 N–H and O–H groups in total. The third-order valence-corrected chi connectivity index (χ3v) is 6.50. The average Bonchev–Trinajstić information content (AvgIpc) is 3.45. The molecule has 1 aliphatic heterocycles. The lowest BCUT2D eigenvalue weighted by atomic mass is 9.93. The first-order valence-corrected chi connectivity index (χ1v) is 11.2. The summed E-state index contributed by atoms with van der Waals surface area (Å²) >= 11 is 0. The fourth-order valence-electron chi connectivity index (χ4n) is 4.69. The smallest absolute Gasteiger partial charge is 0.314 e. The van der Waals surface area contributed by atoms with E-state index in [0.717, 1.165) is 42.3 Å². The number of likely N-dealkylation sites (tertiary alicyclic amines) is 1. The number of rotatable bonds is 4. The standard InChI is InChI=1S/C24H27N7O2/c1-15-9-11-30(13-16-6-4-3-5-7-16)14-19(15)31-20-17-8-10-26-21(17)27-12-18(20)22(29-31)28-24(33)23(32)25-2/h3-8,10,12,15,19,29H,9,11,13-14H2,1-2H3,(H,25,32)(H,28,33)/t15-,19+/m1/s1. The predicted molar refractivity (Wildman–Crippen MR) is 127 cm³/mol. The summed E-state index contributed by atoms with van der Waals surface area (Å²) in [6, 6.07) is 12.6. The van der Waals surface area contributed by atoms with E-state index in [9.17, 15) is 9.59 Å². The molecule has 1 aromatic carbocycles. The summed E-state index contributed by atoms with van der Waals surface area (Å²) in [5.41, 5.74) is 2.88. The quantitative estimate of drug-likeness (QED) is 0.419. The van der Waals surface area contributed by atoms with E-state index in [1.807, 2.05) is 12.1 Å². The number of benzene rings is 1. The Morgan fingerprint density at radius 1 is 1.12 bits per heavy atom. The Bertz CT molecular complexity index is 1310. The molecule has 0 aliphatic carbocycles. The van der Waals surface area contributed by atoms with E-state index in [1.54, 1.807) is 12.4 Å². The number of carbonyl (C=O) groups excluding carboxylic acids is 2. The number of hydrogen-bond donors (Lipinski definition) is 3. The van der Waals surface area contributed by atoms with E-state index in [-0.39, 0.29) is 6.04 Å². The Labute approximate surface area is 191 Å². The second-order valence-electron chi connectivity index (χ2n) is 8.65. The first-order chi connectivity index (χ1) is 16.0. The van der Waals surface area contributed by atoms with Crippen molar-refractivity contribution in [3.63, 3.8) is 0 Å². The summed E-state index contributed by atoms with van der Waals surface area (Å²) < 4.78 is 2.13. The van der Waals surface area contributed by atoms with Gasteiger partial charge < -0.3 is 10.6 Å². The van der Waals surface area contributed by atoms with Crippen LogP contribution in [0.3, 0.4) is 0 Å². The van der Waals surface area contributed by atoms with Gasteiger partial charge in [-0.15, -0.1) is 0 Å². The van der Waals surface area contributed by atoms with Crippen molar-refractivity contribution in [2.45, 2.75) is 25.9 Å². The van der Waals surface area contributed by atoms with E-state index in [0.29, 0.717) is 17.4 Å². The fourth-order valence-corrected chi connectivity index (χ4v) is 4.69. The number of anilines is 1. The molecule has 0 radical (unpaired) electrons. The number of hydrogen-bond acceptors (Lipinski definition) is 5. The van der Waals surface area contributed by atoms with Crippen LogP contribution in [0.5, 0.6) is 0 Å². The first kappa shape index (κ1) is 21.1. The third-order valence-electron chi connectivity index (χ3n) is 6.50. The van der Waals surface area contributed by atoms with Gasteiger partial charge in [0.2, 0.25) is 0 Å². The lowest BCUT2D eigenvalue weighted by Gasteiger charge is -2.38. The normalized spacial score (nSPS) is 19.1. The van der Waals surface area contributed by atoms with Gasteiger partial charge in [0.15, 0.2) is 5.65 Å². The Kier molecular flexibility index (Phi) is 5.55. The molecule has 0 unspecified atom stereocenters. The molecule has 4 heterocycles. The highest BCUT2D eigenvalue weighted by Gasteiger charge is 2.30. The minimum absolute atomic E-state index is 0.149. The molecular weight excluding hydrogens is 418 g/mol. The first-order valence-electron chi connectivity index (χ1n) is 11.2. The van der Waals surface area contributed by atoms with Gasteiger partial charge in [0.1, 0.15) is 5.82 Å². The lowest BCUT2D eigenvalue weighted by Crippen LogP contribution is -2.40. The number of fused-ring (bicyclic) bond motifs is 3. The van der Waals surface area contributed by atoms with Gasteiger partial charge in [0.25, 0.3) is 0 Å². The number of nitrogens with zero attached hydrogens (tertiary/aromatic N) is 4. The van der Waals surface area contributed by atoms with Gasteiger partial charge in [-0.05, 0) is 30.5 Å². The van der Waals surface area contributed by atoms with Crippen LogP contribution in [0.25, 0.3) is 21.9 Å². The summed E-state index contributed by atoms with van der Waals surface area (Å²) in [6.45, 7) is 5.03. The number of amides is 2. The van der Waals surface area contributed by atoms with Gasteiger partial charge in [-0.2, -0.15) is 0 Å². The van der Waals surface area contributed by atoms with Crippen molar-refractivity contribution < 1.29 is 9.59 Å². The molecule has 9 heteroatoms. The van der Waals surface area contributed by atoms with Crippen molar-refractivity contribution in [3.8, 4) is 0 Å². The third kappa shape index (κ3) is 3.95. The molecule has 5 rings (SSSR count). The molecule has 1 aliphatic rings. The molecule has 0 saturated carbocycles. The van der Waals surface area contributed by atoms with Crippen molar-refractivity contribution in [2.75, 3.05) is 25.5 Å². The van der Waals surface area contributed by atoms with Crippen LogP contribution in [0.4, 0.5) is 5.82 Å². The van der Waals surface area contributed by atoms with Crippen molar-refractivity contribution in [2.24, 2.45) is 5.92 Å². The highest BCUT2D eigenvalue weighted by Crippen LogP contribution is 2.36. The number of aromatic nitrogens is 4. The van der Waals surface area contributed by atoms with Crippen molar-refractivity contribution in [1.82, 2.24) is 30.0 Å². The second kappa shape index (κ2) is 8.67. The van der Waals surface area contributed by atoms with Crippen molar-refractivity contribution in [3.05, 3.63) is 54.4 Å². The zero-order chi connectivity index (χ0) is 22.9. The van der Waals surface area contributed by atoms with Crippen LogP contribution in [0.15, 0.2) is 48.8 Å². The topological polar surface area (TPSA) is 108 Å². The van der Waals surface area contributed by atoms with Crippen molar-refractivity contribution in [1.29, 1.82) is 0 Å². The summed E-state index contributed by atoms with van der Waals surface area (Å²) in [4.78, 5) is 35.4. The van der Waals surface area contributed by atoms with Gasteiger partial charge >= 0.3 is 11.8 Å². The number of H-pyrrole nitrogens is 1. The molecule has 1 fully saturated rings. The maximum absolute atomic E-state index is 12.3. The minimum Gasteiger partial charge on any atom is -0.351 e. The van der Waals surface area contributed by atoms with E-state index in [2.05, 4.69) is 66.5 Å². The maximum Gasteiger partial charge on any atom is 0.314 e. The fraction of sp³-hybridized carbons (Fsp3) is 0.333. The van der Waals surface area contributed by atoms with E-state index in [1.165, 1.54) is 12.6 Å². The molecule has 2 amide bonds. The molecule has 2 atom stereocenters. The van der Waals surface area contributed by atoms with Crippen LogP contribution >= 0.6 is 0 Å². The summed E-state index contributed by atoms with van der Waals surface area (Å²) in [5.74, 6) is -0.552. The van der Waals surface area contributed by atoms with Gasteiger partial charge in [-0.1, -0.05) is 37.3 Å². The van der Waals surface area contributed by atoms with Crippen molar-refractivity contribution >= 4 is 39.6 Å². The van der Waals surface area contributed by atoms with E-state index >= 15 is 0 Å². The van der Waals surface area contributed by atoms with E-state index < -0.39 is 11.8 Å². The van der Waals surface area contributed by atoms with Crippen LogP contribution in [-0.2, 0) is 16.1 Å². The van der Waals surface area contributed by atoms with Gasteiger partial charge in [-0.3, -0.25) is 24.3 Å². The van der Waals surface area contributed by atoms with Crippen LogP contribution in [0, 0.1) is 5.92 Å². The molecule has 4 aromatic rings. The lowest BCUT2D eigenvalue weighted by molar-refractivity contribution is -0.135. The number of piperidine rings is 1. The molecular formula is C24H27N7O2. The van der Waals surface area contributed by atoms with Gasteiger partial charge in [-0.25, -0.2) is 9.97 Å². The zero-order valence-electron chi connectivity index (χ0n) is 18.7. The monoisotopic (exact) mass is 445 g/mol. The Morgan fingerprint density at radius 2 is 1.94 bits per heavy atom. The van der Waals surface area contributed by atoms with Crippen LogP contribution in [0.2, 0.25) is 0 Å². The maximum atomic E-state index is 12.3. The molecule has 9 nitrogen and oxygen atoms in total. The molecule has 0 bridgehead atoms. The summed E-state index contributed by atoms with van der Waals surface area (Å²) in [5, 5.41) is 10.1. The van der Waals surface area contributed by atoms with Gasteiger partial charge in [0.05, 0.1) is 16.9 Å². The van der Waals surface area contributed by atoms with Crippen LogP contribution < -0.4 is 10.6 Å². The zero-order valence-corrected chi connectivity index (χ0v) is 18.7. The molecule has 170 valence electrons. The molecule has 1 saturated heterocycles.